The van der Waals surface area contributed by atoms with Gasteiger partial charge in [0, 0.05) is 0 Å². The molecular weight excluding hydrogens is 96.1 g/mol. The summed E-state index contributed by atoms with van der Waals surface area (Å²) in [6, 6.07) is 0. The van der Waals surface area contributed by atoms with E-state index in [0.717, 1.165) is 5.92 Å². The molecule has 8 heavy (non-hydrogen) atoms. The Labute approximate surface area is 49.9 Å². The van der Waals surface area contributed by atoms with Crippen molar-refractivity contribution in [3.63, 3.8) is 0 Å². The monoisotopic (exact) mass is 106 g/mol. The Hall–Kier alpha value is -0.520. The first kappa shape index (κ1) is 4.37. The van der Waals surface area contributed by atoms with Crippen LogP contribution in [0.1, 0.15) is 19.8 Å². The second-order valence-corrected chi connectivity index (χ2v) is 2.86. The van der Waals surface area contributed by atoms with E-state index in [4.69, 9.17) is 0 Å². The van der Waals surface area contributed by atoms with E-state index in [1.807, 2.05) is 0 Å². The van der Waals surface area contributed by atoms with Crippen molar-refractivity contribution in [3.8, 4) is 0 Å². The lowest BCUT2D eigenvalue weighted by molar-refractivity contribution is 0.742. The van der Waals surface area contributed by atoms with E-state index < -0.39 is 0 Å². The molecule has 0 nitrogen and oxygen atoms in total. The van der Waals surface area contributed by atoms with Crippen LogP contribution >= 0.6 is 0 Å². The van der Waals surface area contributed by atoms with Gasteiger partial charge in [0.15, 0.2) is 0 Å². The molecule has 0 amide bonds. The minimum atomic E-state index is 0.738. The molecule has 3 aliphatic rings. The van der Waals surface area contributed by atoms with E-state index in [1.165, 1.54) is 12.8 Å². The van der Waals surface area contributed by atoms with Crippen molar-refractivity contribution in [2.75, 3.05) is 0 Å². The van der Waals surface area contributed by atoms with Crippen molar-refractivity contribution < 1.29 is 0 Å². The zero-order valence-electron chi connectivity index (χ0n) is 5.15. The van der Waals surface area contributed by atoms with Crippen molar-refractivity contribution in [2.24, 2.45) is 5.92 Å². The lowest BCUT2D eigenvalue weighted by Crippen LogP contribution is -2.10. The zero-order valence-corrected chi connectivity index (χ0v) is 5.15. The third kappa shape index (κ3) is 0.459. The van der Waals surface area contributed by atoms with Gasteiger partial charge in [-0.1, -0.05) is 30.2 Å². The summed E-state index contributed by atoms with van der Waals surface area (Å²) in [5, 5.41) is 0. The Bertz CT molecular complexity index is 144. The van der Waals surface area contributed by atoms with E-state index in [-0.39, 0.29) is 0 Å². The molecule has 0 radical (unpaired) electrons. The predicted octanol–water partition coefficient (Wildman–Crippen LogP) is 2.28. The van der Waals surface area contributed by atoms with E-state index in [9.17, 15) is 0 Å². The molecule has 2 bridgehead atoms. The molecule has 0 atom stereocenters. The Morgan fingerprint density at radius 1 is 1.25 bits per heavy atom. The second kappa shape index (κ2) is 1.25. The molecule has 0 unspecified atom stereocenters. The van der Waals surface area contributed by atoms with Gasteiger partial charge in [-0.15, -0.1) is 0 Å². The van der Waals surface area contributed by atoms with Crippen LogP contribution in [-0.2, 0) is 0 Å². The summed E-state index contributed by atoms with van der Waals surface area (Å²) in [4.78, 5) is 0. The quantitative estimate of drug-likeness (QED) is 0.415. The summed E-state index contributed by atoms with van der Waals surface area (Å²) in [5.74, 6) is 0.738. The number of allylic oxidation sites excluding steroid dienone is 4. The van der Waals surface area contributed by atoms with Crippen LogP contribution in [0, 0.1) is 5.92 Å². The van der Waals surface area contributed by atoms with Gasteiger partial charge < -0.3 is 0 Å². The van der Waals surface area contributed by atoms with Crippen LogP contribution in [0.4, 0.5) is 0 Å². The minimum absolute atomic E-state index is 0.738. The fraction of sp³-hybridized carbons (Fsp3) is 0.500. The largest absolute Gasteiger partial charge is 0.0780 e. The van der Waals surface area contributed by atoms with Crippen molar-refractivity contribution in [2.45, 2.75) is 19.8 Å². The fourth-order valence-electron chi connectivity index (χ4n) is 1.56. The Morgan fingerprint density at radius 2 is 1.75 bits per heavy atom. The molecule has 0 aromatic rings. The van der Waals surface area contributed by atoms with Gasteiger partial charge in [0.2, 0.25) is 0 Å². The van der Waals surface area contributed by atoms with Gasteiger partial charge in [-0.2, -0.15) is 0 Å². The lowest BCUT2D eigenvalue weighted by Gasteiger charge is -2.28. The number of rotatable bonds is 0. The smallest absolute Gasteiger partial charge is 0.00761 e. The first-order valence-corrected chi connectivity index (χ1v) is 3.24. The van der Waals surface area contributed by atoms with Crippen LogP contribution in [0.15, 0.2) is 23.3 Å². The minimum Gasteiger partial charge on any atom is -0.0780 e. The number of hydrogen-bond donors (Lipinski definition) is 0. The Balaban J connectivity index is 2.31. The van der Waals surface area contributed by atoms with Crippen LogP contribution in [0.25, 0.3) is 0 Å². The molecule has 0 N–H and O–H groups in total. The van der Waals surface area contributed by atoms with Crippen molar-refractivity contribution in [1.29, 1.82) is 0 Å². The maximum Gasteiger partial charge on any atom is -0.00761 e. The highest BCUT2D eigenvalue weighted by atomic mass is 14.3. The molecule has 3 aliphatic carbocycles. The standard InChI is InChI=1S/C8H10/c1-6-2-7-4-8(3-6)5-7/h2-3,6H,4-5H2,1H3. The van der Waals surface area contributed by atoms with E-state index in [2.05, 4.69) is 19.1 Å². The van der Waals surface area contributed by atoms with Gasteiger partial charge in [-0.25, -0.2) is 0 Å². The van der Waals surface area contributed by atoms with E-state index in [1.54, 1.807) is 11.1 Å². The van der Waals surface area contributed by atoms with Crippen molar-refractivity contribution in [3.05, 3.63) is 23.3 Å². The van der Waals surface area contributed by atoms with Crippen LogP contribution in [-0.4, -0.2) is 0 Å². The van der Waals surface area contributed by atoms with Crippen LogP contribution in [0.3, 0.4) is 0 Å². The first-order chi connectivity index (χ1) is 3.84. The summed E-state index contributed by atoms with van der Waals surface area (Å²) in [6.07, 6.45) is 7.36. The van der Waals surface area contributed by atoms with Crippen molar-refractivity contribution >= 4 is 0 Å². The lowest BCUT2D eigenvalue weighted by atomic mass is 9.78. The first-order valence-electron chi connectivity index (χ1n) is 3.24. The Morgan fingerprint density at radius 3 is 2.00 bits per heavy atom. The summed E-state index contributed by atoms with van der Waals surface area (Å²) < 4.78 is 0. The molecule has 0 heteroatoms. The van der Waals surface area contributed by atoms with Gasteiger partial charge in [0.1, 0.15) is 0 Å². The maximum atomic E-state index is 2.38. The molecule has 0 aromatic carbocycles. The fourth-order valence-corrected chi connectivity index (χ4v) is 1.56. The molecular formula is C8H10. The molecule has 0 aromatic heterocycles. The van der Waals surface area contributed by atoms with Crippen LogP contribution in [0.5, 0.6) is 0 Å². The molecule has 3 rings (SSSR count). The molecule has 0 saturated heterocycles. The van der Waals surface area contributed by atoms with Crippen LogP contribution in [0.2, 0.25) is 0 Å². The van der Waals surface area contributed by atoms with E-state index in [0.29, 0.717) is 0 Å². The molecule has 0 aliphatic heterocycles. The average Bonchev–Trinajstić information content (AvgIpc) is 1.62. The molecule has 42 valence electrons. The van der Waals surface area contributed by atoms with Gasteiger partial charge in [0.25, 0.3) is 0 Å². The summed E-state index contributed by atoms with van der Waals surface area (Å²) in [7, 11) is 0. The van der Waals surface area contributed by atoms with Crippen molar-refractivity contribution in [1.82, 2.24) is 0 Å². The number of fused-ring (bicyclic) bond motifs is 2. The predicted molar refractivity (Wildman–Crippen MR) is 34.6 cm³/mol. The maximum absolute atomic E-state index is 2.38. The second-order valence-electron chi connectivity index (χ2n) is 2.86. The summed E-state index contributed by atoms with van der Waals surface area (Å²) >= 11 is 0. The van der Waals surface area contributed by atoms with Crippen LogP contribution < -0.4 is 0 Å². The third-order valence-electron chi connectivity index (χ3n) is 1.91. The highest BCUT2D eigenvalue weighted by Crippen LogP contribution is 2.38. The summed E-state index contributed by atoms with van der Waals surface area (Å²) in [6.45, 7) is 2.25. The average molecular weight is 106 g/mol. The normalized spacial score (nSPS) is 26.1. The molecule has 1 fully saturated rings. The topological polar surface area (TPSA) is 0 Å². The van der Waals surface area contributed by atoms with Gasteiger partial charge in [-0.3, -0.25) is 0 Å². The molecule has 1 saturated carbocycles. The van der Waals surface area contributed by atoms with Gasteiger partial charge >= 0.3 is 0 Å². The highest BCUT2D eigenvalue weighted by molar-refractivity contribution is 5.37. The van der Waals surface area contributed by atoms with Gasteiger partial charge in [-0.05, 0) is 18.8 Å². The van der Waals surface area contributed by atoms with Gasteiger partial charge in [0.05, 0.1) is 0 Å². The SMILES string of the molecule is CC1C=C2CC(=C1)C2. The van der Waals surface area contributed by atoms with E-state index >= 15 is 0 Å². The Kier molecular flexibility index (Phi) is 0.682. The third-order valence-corrected chi connectivity index (χ3v) is 1.91. The highest BCUT2D eigenvalue weighted by Gasteiger charge is 2.20. The summed E-state index contributed by atoms with van der Waals surface area (Å²) in [5.41, 5.74) is 3.32. The molecule has 0 heterocycles. The number of hydrogen-bond acceptors (Lipinski definition) is 0. The molecule has 0 spiro atoms. The zero-order chi connectivity index (χ0) is 5.56.